The molecule has 2 aliphatic rings. The van der Waals surface area contributed by atoms with Crippen LogP contribution in [0.15, 0.2) is 35.5 Å². The lowest BCUT2D eigenvalue weighted by molar-refractivity contribution is -0.142. The minimum absolute atomic E-state index is 0.193. The molecule has 0 bridgehead atoms. The van der Waals surface area contributed by atoms with Gasteiger partial charge >= 0.3 is 0 Å². The van der Waals surface area contributed by atoms with E-state index in [0.29, 0.717) is 18.5 Å². The van der Waals surface area contributed by atoms with E-state index in [1.165, 1.54) is 11.0 Å². The lowest BCUT2D eigenvalue weighted by Crippen LogP contribution is -2.53. The second kappa shape index (κ2) is 5.45. The van der Waals surface area contributed by atoms with Crippen molar-refractivity contribution in [3.05, 3.63) is 35.5 Å². The SMILES string of the molecule is C=CC1=C(C=C(C)C)CN(C2CCC(=O)NC2=O)C1=O. The first-order valence-corrected chi connectivity index (χ1v) is 6.59. The molecule has 1 atom stereocenters. The van der Waals surface area contributed by atoms with Gasteiger partial charge in [0.15, 0.2) is 0 Å². The molecule has 1 fully saturated rings. The molecule has 106 valence electrons. The molecular weight excluding hydrogens is 256 g/mol. The highest BCUT2D eigenvalue weighted by atomic mass is 16.2. The molecule has 0 aliphatic carbocycles. The lowest BCUT2D eigenvalue weighted by atomic mass is 10.0. The molecule has 0 radical (unpaired) electrons. The molecule has 2 aliphatic heterocycles. The Balaban J connectivity index is 2.24. The number of carbonyl (C=O) groups is 3. The standard InChI is InChI=1S/C15H18N2O3/c1-4-11-10(7-9(2)3)8-17(15(11)20)12-5-6-13(18)16-14(12)19/h4,7,12H,1,5-6,8H2,2-3H3,(H,16,18,19). The molecule has 1 unspecified atom stereocenters. The summed E-state index contributed by atoms with van der Waals surface area (Å²) in [6.07, 6.45) is 4.11. The normalized spacial score (nSPS) is 23.0. The van der Waals surface area contributed by atoms with Crippen molar-refractivity contribution in [1.29, 1.82) is 0 Å². The molecule has 0 aromatic carbocycles. The van der Waals surface area contributed by atoms with Gasteiger partial charge < -0.3 is 4.90 Å². The highest BCUT2D eigenvalue weighted by Crippen LogP contribution is 2.26. The summed E-state index contributed by atoms with van der Waals surface area (Å²) in [6.45, 7) is 7.96. The first kappa shape index (κ1) is 14.2. The van der Waals surface area contributed by atoms with Crippen LogP contribution in [0.25, 0.3) is 0 Å². The second-order valence-corrected chi connectivity index (χ2v) is 5.26. The topological polar surface area (TPSA) is 66.5 Å². The van der Waals surface area contributed by atoms with Gasteiger partial charge in [0.2, 0.25) is 11.8 Å². The van der Waals surface area contributed by atoms with E-state index in [1.807, 2.05) is 19.9 Å². The van der Waals surface area contributed by atoms with Crippen LogP contribution in [0.3, 0.4) is 0 Å². The first-order chi connectivity index (χ1) is 9.43. The number of imide groups is 1. The van der Waals surface area contributed by atoms with Crippen molar-refractivity contribution in [2.24, 2.45) is 0 Å². The zero-order valence-corrected chi connectivity index (χ0v) is 11.7. The Labute approximate surface area is 118 Å². The summed E-state index contributed by atoms with van der Waals surface area (Å²) in [5, 5.41) is 2.28. The van der Waals surface area contributed by atoms with Gasteiger partial charge in [0.25, 0.3) is 5.91 Å². The highest BCUT2D eigenvalue weighted by molar-refractivity contribution is 6.06. The van der Waals surface area contributed by atoms with Crippen molar-refractivity contribution >= 4 is 17.7 Å². The van der Waals surface area contributed by atoms with Crippen molar-refractivity contribution in [2.45, 2.75) is 32.7 Å². The van der Waals surface area contributed by atoms with Gasteiger partial charge in [-0.15, -0.1) is 0 Å². The van der Waals surface area contributed by atoms with Crippen LogP contribution in [0.2, 0.25) is 0 Å². The maximum absolute atomic E-state index is 12.4. The van der Waals surface area contributed by atoms with E-state index in [1.54, 1.807) is 0 Å². The summed E-state index contributed by atoms with van der Waals surface area (Å²) >= 11 is 0. The summed E-state index contributed by atoms with van der Waals surface area (Å²) in [4.78, 5) is 36.9. The number of amides is 3. The summed E-state index contributed by atoms with van der Waals surface area (Å²) in [6, 6.07) is -0.571. The molecule has 5 nitrogen and oxygen atoms in total. The Bertz CT molecular complexity index is 553. The van der Waals surface area contributed by atoms with Crippen LogP contribution in [-0.4, -0.2) is 35.2 Å². The quantitative estimate of drug-likeness (QED) is 0.783. The average Bonchev–Trinajstić information content (AvgIpc) is 2.65. The van der Waals surface area contributed by atoms with E-state index in [9.17, 15) is 14.4 Å². The van der Waals surface area contributed by atoms with Crippen molar-refractivity contribution < 1.29 is 14.4 Å². The number of nitrogens with zero attached hydrogens (tertiary/aromatic N) is 1. The maximum atomic E-state index is 12.4. The van der Waals surface area contributed by atoms with Gasteiger partial charge in [0.1, 0.15) is 6.04 Å². The Kier molecular flexibility index (Phi) is 3.88. The van der Waals surface area contributed by atoms with Crippen molar-refractivity contribution in [3.8, 4) is 0 Å². The van der Waals surface area contributed by atoms with Gasteiger partial charge in [0.05, 0.1) is 0 Å². The fraction of sp³-hybridized carbons (Fsp3) is 0.400. The van der Waals surface area contributed by atoms with E-state index < -0.39 is 11.9 Å². The third-order valence-electron chi connectivity index (χ3n) is 3.43. The summed E-state index contributed by atoms with van der Waals surface area (Å²) in [5.41, 5.74) is 2.49. The van der Waals surface area contributed by atoms with Crippen LogP contribution in [0.1, 0.15) is 26.7 Å². The van der Waals surface area contributed by atoms with Gasteiger partial charge in [-0.2, -0.15) is 0 Å². The number of carbonyl (C=O) groups excluding carboxylic acids is 3. The molecule has 0 spiro atoms. The number of allylic oxidation sites excluding steroid dienone is 1. The molecule has 2 rings (SSSR count). The highest BCUT2D eigenvalue weighted by Gasteiger charge is 2.38. The van der Waals surface area contributed by atoms with E-state index >= 15 is 0 Å². The molecule has 0 aromatic rings. The molecule has 0 aromatic heterocycles. The number of rotatable bonds is 3. The van der Waals surface area contributed by atoms with Crippen LogP contribution >= 0.6 is 0 Å². The number of hydrogen-bond donors (Lipinski definition) is 1. The summed E-state index contributed by atoms with van der Waals surface area (Å²) < 4.78 is 0. The molecule has 20 heavy (non-hydrogen) atoms. The summed E-state index contributed by atoms with van der Waals surface area (Å²) in [5.74, 6) is -0.863. The van der Waals surface area contributed by atoms with Gasteiger partial charge in [-0.25, -0.2) is 0 Å². The van der Waals surface area contributed by atoms with E-state index in [2.05, 4.69) is 11.9 Å². The molecule has 3 amide bonds. The van der Waals surface area contributed by atoms with Gasteiger partial charge in [-0.1, -0.05) is 24.3 Å². The van der Waals surface area contributed by atoms with Crippen LogP contribution in [0.4, 0.5) is 0 Å². The number of hydrogen-bond acceptors (Lipinski definition) is 3. The van der Waals surface area contributed by atoms with Crippen LogP contribution in [0.5, 0.6) is 0 Å². The van der Waals surface area contributed by atoms with Gasteiger partial charge in [-0.05, 0) is 25.8 Å². The smallest absolute Gasteiger partial charge is 0.255 e. The summed E-state index contributed by atoms with van der Waals surface area (Å²) in [7, 11) is 0. The maximum Gasteiger partial charge on any atom is 0.255 e. The Morgan fingerprint density at radius 1 is 1.35 bits per heavy atom. The average molecular weight is 274 g/mol. The van der Waals surface area contributed by atoms with E-state index in [0.717, 1.165) is 11.1 Å². The number of nitrogens with one attached hydrogen (secondary N) is 1. The predicted molar refractivity (Wildman–Crippen MR) is 74.5 cm³/mol. The minimum Gasteiger partial charge on any atom is -0.322 e. The molecule has 2 heterocycles. The van der Waals surface area contributed by atoms with Crippen molar-refractivity contribution in [2.75, 3.05) is 6.54 Å². The monoisotopic (exact) mass is 274 g/mol. The molecular formula is C15H18N2O3. The van der Waals surface area contributed by atoms with Crippen LogP contribution < -0.4 is 5.32 Å². The van der Waals surface area contributed by atoms with Gasteiger partial charge in [-0.3, -0.25) is 19.7 Å². The molecule has 1 saturated heterocycles. The molecule has 1 N–H and O–H groups in total. The van der Waals surface area contributed by atoms with Crippen LogP contribution in [-0.2, 0) is 14.4 Å². The van der Waals surface area contributed by atoms with Gasteiger partial charge in [0, 0.05) is 18.5 Å². The zero-order valence-electron chi connectivity index (χ0n) is 11.7. The minimum atomic E-state index is -0.571. The first-order valence-electron chi connectivity index (χ1n) is 6.59. The van der Waals surface area contributed by atoms with Crippen LogP contribution in [0, 0.1) is 0 Å². The largest absolute Gasteiger partial charge is 0.322 e. The zero-order chi connectivity index (χ0) is 14.9. The number of piperidine rings is 1. The Morgan fingerprint density at radius 3 is 2.60 bits per heavy atom. The van der Waals surface area contributed by atoms with E-state index in [4.69, 9.17) is 0 Å². The van der Waals surface area contributed by atoms with Crippen molar-refractivity contribution in [3.63, 3.8) is 0 Å². The second-order valence-electron chi connectivity index (χ2n) is 5.26. The fourth-order valence-corrected chi connectivity index (χ4v) is 2.55. The predicted octanol–water partition coefficient (Wildman–Crippen LogP) is 1.08. The molecule has 0 saturated carbocycles. The Hall–Kier alpha value is -2.17. The lowest BCUT2D eigenvalue weighted by Gasteiger charge is -2.29. The molecule has 5 heteroatoms. The Morgan fingerprint density at radius 2 is 2.05 bits per heavy atom. The fourth-order valence-electron chi connectivity index (χ4n) is 2.55. The van der Waals surface area contributed by atoms with Crippen molar-refractivity contribution in [1.82, 2.24) is 10.2 Å². The van der Waals surface area contributed by atoms with E-state index in [-0.39, 0.29) is 18.2 Å². The third kappa shape index (κ3) is 2.57. The third-order valence-corrected chi connectivity index (χ3v) is 3.43.